The Labute approximate surface area is 181 Å². The lowest BCUT2D eigenvalue weighted by molar-refractivity contribution is -0.141. The predicted octanol–water partition coefficient (Wildman–Crippen LogP) is 3.31. The first-order valence-electron chi connectivity index (χ1n) is 9.94. The van der Waals surface area contributed by atoms with Gasteiger partial charge >= 0.3 is 5.97 Å². The van der Waals surface area contributed by atoms with Crippen LogP contribution in [-0.2, 0) is 9.59 Å². The van der Waals surface area contributed by atoms with Gasteiger partial charge in [-0.05, 0) is 29.8 Å². The van der Waals surface area contributed by atoms with Gasteiger partial charge in [0.2, 0.25) is 5.91 Å². The predicted molar refractivity (Wildman–Crippen MR) is 118 cm³/mol. The highest BCUT2D eigenvalue weighted by Crippen LogP contribution is 2.35. The van der Waals surface area contributed by atoms with Crippen LogP contribution in [0.3, 0.4) is 0 Å². The molecule has 1 atom stereocenters. The van der Waals surface area contributed by atoms with Crippen LogP contribution < -0.4 is 14.4 Å². The fourth-order valence-electron chi connectivity index (χ4n) is 3.47. The summed E-state index contributed by atoms with van der Waals surface area (Å²) in [5, 5.41) is 15.0. The Morgan fingerprint density at radius 2 is 1.68 bits per heavy atom. The van der Waals surface area contributed by atoms with Gasteiger partial charge in [0.05, 0.1) is 32.4 Å². The Balaban J connectivity index is 1.95. The van der Waals surface area contributed by atoms with Gasteiger partial charge in [-0.3, -0.25) is 9.59 Å². The van der Waals surface area contributed by atoms with E-state index in [9.17, 15) is 9.59 Å². The molecular weight excluding hydrogens is 398 g/mol. The number of ether oxygens (including phenoxy) is 2. The van der Waals surface area contributed by atoms with Crippen LogP contribution in [0, 0.1) is 0 Å². The average molecular weight is 425 g/mol. The van der Waals surface area contributed by atoms with Gasteiger partial charge < -0.3 is 19.5 Å². The summed E-state index contributed by atoms with van der Waals surface area (Å²) in [6.07, 6.45) is 0.149. The average Bonchev–Trinajstić information content (AvgIpc) is 3.22. The molecule has 8 heteroatoms. The highest BCUT2D eigenvalue weighted by Gasteiger charge is 2.33. The van der Waals surface area contributed by atoms with Crippen LogP contribution in [0.5, 0.6) is 11.5 Å². The van der Waals surface area contributed by atoms with E-state index in [1.807, 2.05) is 55.4 Å². The summed E-state index contributed by atoms with van der Waals surface area (Å²) >= 11 is 0. The van der Waals surface area contributed by atoms with Crippen molar-refractivity contribution in [3.05, 3.63) is 53.6 Å². The number of hydrogen-bond donors (Lipinski definition) is 1. The topological polar surface area (TPSA) is 91.7 Å². The molecule has 0 saturated carbocycles. The Kier molecular flexibility index (Phi) is 6.79. The number of nitrogens with zero attached hydrogens (tertiary/aromatic N) is 3. The molecule has 2 aromatic rings. The van der Waals surface area contributed by atoms with E-state index >= 15 is 0 Å². The number of carboxylic acids is 1. The van der Waals surface area contributed by atoms with E-state index in [1.54, 1.807) is 20.3 Å². The Morgan fingerprint density at radius 1 is 1.06 bits per heavy atom. The lowest BCUT2D eigenvalue weighted by atomic mass is 9.97. The van der Waals surface area contributed by atoms with Crippen molar-refractivity contribution in [2.45, 2.75) is 25.3 Å². The molecule has 0 unspecified atom stereocenters. The molecule has 0 bridgehead atoms. The van der Waals surface area contributed by atoms with Gasteiger partial charge in [0.15, 0.2) is 0 Å². The minimum absolute atomic E-state index is 0.111. The van der Waals surface area contributed by atoms with Crippen molar-refractivity contribution in [1.82, 2.24) is 5.01 Å². The number of aliphatic carboxylic acids is 1. The summed E-state index contributed by atoms with van der Waals surface area (Å²) in [7, 11) is 7.07. The van der Waals surface area contributed by atoms with E-state index in [0.29, 0.717) is 23.6 Å². The number of carbonyl (C=O) groups excluding carboxylic acids is 1. The van der Waals surface area contributed by atoms with Crippen molar-refractivity contribution in [1.29, 1.82) is 0 Å². The summed E-state index contributed by atoms with van der Waals surface area (Å²) in [6, 6.07) is 13.1. The second-order valence-corrected chi connectivity index (χ2v) is 7.49. The van der Waals surface area contributed by atoms with Crippen LogP contribution >= 0.6 is 0 Å². The largest absolute Gasteiger partial charge is 0.497 e. The van der Waals surface area contributed by atoms with E-state index in [4.69, 9.17) is 14.6 Å². The molecule has 31 heavy (non-hydrogen) atoms. The van der Waals surface area contributed by atoms with Gasteiger partial charge in [-0.2, -0.15) is 5.10 Å². The van der Waals surface area contributed by atoms with Gasteiger partial charge in [-0.1, -0.05) is 12.1 Å². The van der Waals surface area contributed by atoms with E-state index in [2.05, 4.69) is 5.10 Å². The first kappa shape index (κ1) is 22.1. The molecule has 8 nitrogen and oxygen atoms in total. The fraction of sp³-hybridized carbons (Fsp3) is 0.348. The van der Waals surface area contributed by atoms with Crippen molar-refractivity contribution < 1.29 is 24.2 Å². The molecule has 0 radical (unpaired) electrons. The lowest BCUT2D eigenvalue weighted by Crippen LogP contribution is -2.27. The Hall–Kier alpha value is -3.55. The van der Waals surface area contributed by atoms with Gasteiger partial charge in [0.25, 0.3) is 0 Å². The zero-order chi connectivity index (χ0) is 22.5. The molecule has 0 saturated heterocycles. The molecule has 0 aromatic heterocycles. The molecule has 3 rings (SSSR count). The van der Waals surface area contributed by atoms with Crippen LogP contribution in [0.15, 0.2) is 47.6 Å². The third-order valence-electron chi connectivity index (χ3n) is 5.20. The van der Waals surface area contributed by atoms with Crippen molar-refractivity contribution in [3.8, 4) is 11.5 Å². The van der Waals surface area contributed by atoms with Crippen LogP contribution in [-0.4, -0.2) is 56.0 Å². The molecule has 1 amide bonds. The number of hydrogen-bond acceptors (Lipinski definition) is 6. The molecule has 1 N–H and O–H groups in total. The third-order valence-corrected chi connectivity index (χ3v) is 5.20. The molecule has 0 spiro atoms. The Morgan fingerprint density at radius 3 is 2.19 bits per heavy atom. The molecule has 164 valence electrons. The monoisotopic (exact) mass is 425 g/mol. The number of hydrazone groups is 1. The van der Waals surface area contributed by atoms with Crippen molar-refractivity contribution >= 4 is 23.3 Å². The minimum Gasteiger partial charge on any atom is -0.497 e. The smallest absolute Gasteiger partial charge is 0.303 e. The molecular formula is C23H27N3O5. The SMILES string of the molecule is COc1cc(OC)cc(C2=NN(C(=O)CCC(=O)O)[C@@H](c3ccc(N(C)C)cc3)C2)c1. The number of benzene rings is 2. The molecule has 2 aromatic carbocycles. The number of carbonyl (C=O) groups is 2. The van der Waals surface area contributed by atoms with Gasteiger partial charge in [0, 0.05) is 44.3 Å². The zero-order valence-electron chi connectivity index (χ0n) is 18.2. The van der Waals surface area contributed by atoms with Crippen molar-refractivity contribution in [2.24, 2.45) is 5.10 Å². The second-order valence-electron chi connectivity index (χ2n) is 7.49. The highest BCUT2D eigenvalue weighted by atomic mass is 16.5. The second kappa shape index (κ2) is 9.51. The van der Waals surface area contributed by atoms with Crippen molar-refractivity contribution in [3.63, 3.8) is 0 Å². The number of anilines is 1. The van der Waals surface area contributed by atoms with E-state index in [0.717, 1.165) is 16.8 Å². The van der Waals surface area contributed by atoms with E-state index in [-0.39, 0.29) is 24.8 Å². The van der Waals surface area contributed by atoms with E-state index in [1.165, 1.54) is 5.01 Å². The fourth-order valence-corrected chi connectivity index (χ4v) is 3.47. The van der Waals surface area contributed by atoms with Crippen LogP contribution in [0.2, 0.25) is 0 Å². The maximum atomic E-state index is 12.8. The number of methoxy groups -OCH3 is 2. The van der Waals surface area contributed by atoms with Gasteiger partial charge in [-0.25, -0.2) is 5.01 Å². The lowest BCUT2D eigenvalue weighted by Gasteiger charge is -2.22. The maximum absolute atomic E-state index is 12.8. The Bertz CT molecular complexity index is 963. The molecule has 0 aliphatic carbocycles. The maximum Gasteiger partial charge on any atom is 0.303 e. The molecule has 1 heterocycles. The normalized spacial score (nSPS) is 15.4. The van der Waals surface area contributed by atoms with Crippen molar-refractivity contribution in [2.75, 3.05) is 33.2 Å². The third kappa shape index (κ3) is 5.14. The summed E-state index contributed by atoms with van der Waals surface area (Å²) in [6.45, 7) is 0. The molecule has 1 aliphatic heterocycles. The number of amides is 1. The van der Waals surface area contributed by atoms with Gasteiger partial charge in [0.1, 0.15) is 11.5 Å². The van der Waals surface area contributed by atoms with Crippen LogP contribution in [0.1, 0.15) is 36.4 Å². The first-order valence-corrected chi connectivity index (χ1v) is 9.94. The first-order chi connectivity index (χ1) is 14.8. The molecule has 0 fully saturated rings. The van der Waals surface area contributed by atoms with Crippen LogP contribution in [0.25, 0.3) is 0 Å². The number of rotatable bonds is 8. The standard InChI is InChI=1S/C23H27N3O5/c1-25(2)17-7-5-15(6-8-17)21-14-20(24-26(21)22(27)9-10-23(28)29)16-11-18(30-3)13-19(12-16)31-4/h5-8,11-13,21H,9-10,14H2,1-4H3,(H,28,29)/t21-/m1/s1. The summed E-state index contributed by atoms with van der Waals surface area (Å²) in [4.78, 5) is 25.8. The highest BCUT2D eigenvalue weighted by molar-refractivity contribution is 6.04. The quantitative estimate of drug-likeness (QED) is 0.698. The van der Waals surface area contributed by atoms with Crippen LogP contribution in [0.4, 0.5) is 5.69 Å². The van der Waals surface area contributed by atoms with E-state index < -0.39 is 5.97 Å². The van der Waals surface area contributed by atoms with Gasteiger partial charge in [-0.15, -0.1) is 0 Å². The number of carboxylic acid groups (broad SMARTS) is 1. The zero-order valence-corrected chi connectivity index (χ0v) is 18.2. The minimum atomic E-state index is -1.01. The summed E-state index contributed by atoms with van der Waals surface area (Å²) < 4.78 is 10.7. The molecule has 1 aliphatic rings. The summed E-state index contributed by atoms with van der Waals surface area (Å²) in [5.41, 5.74) is 3.48. The summed E-state index contributed by atoms with van der Waals surface area (Å²) in [5.74, 6) is -0.0886.